The van der Waals surface area contributed by atoms with Crippen molar-refractivity contribution in [2.45, 2.75) is 34.6 Å². The van der Waals surface area contributed by atoms with Gasteiger partial charge in [-0.1, -0.05) is 86.7 Å². The maximum atomic E-state index is 10.2. The summed E-state index contributed by atoms with van der Waals surface area (Å²) < 4.78 is 21.1. The second kappa shape index (κ2) is 13.8. The third kappa shape index (κ3) is 7.47. The van der Waals surface area contributed by atoms with E-state index in [4.69, 9.17) is 7.16 Å². The van der Waals surface area contributed by atoms with E-state index in [0.29, 0.717) is 17.1 Å². The van der Waals surface area contributed by atoms with E-state index in [1.807, 2.05) is 49.5 Å². The molecule has 0 saturated heterocycles. The summed E-state index contributed by atoms with van der Waals surface area (Å²) in [6.07, 6.45) is 8.12. The first kappa shape index (κ1) is 27.4. The molecule has 0 spiro atoms. The molecular weight excluding hydrogens is 645 g/mol. The van der Waals surface area contributed by atoms with Crippen LogP contribution in [-0.2, 0) is 20.1 Å². The number of allylic oxidation sites excluding steroid dienone is 7. The summed E-state index contributed by atoms with van der Waals surface area (Å²) in [5, 5.41) is 12.1. The summed E-state index contributed by atoms with van der Waals surface area (Å²) in [4.78, 5) is 4.35. The third-order valence-corrected chi connectivity index (χ3v) is 6.00. The van der Waals surface area contributed by atoms with Gasteiger partial charge in [0.05, 0.1) is 6.95 Å². The van der Waals surface area contributed by atoms with E-state index in [2.05, 4.69) is 64.6 Å². The smallest absolute Gasteiger partial charge is 0.855 e. The number of nitrogens with zero attached hydrogens (tertiary/aromatic N) is 2. The van der Waals surface area contributed by atoms with Gasteiger partial charge < -0.3 is 14.8 Å². The van der Waals surface area contributed by atoms with Gasteiger partial charge in [-0.25, -0.2) is 5.71 Å². The Bertz CT molecular complexity index is 1660. The zero-order chi connectivity index (χ0) is 28.9. The molecular formula is C34H33IrN2O. The Labute approximate surface area is 243 Å². The number of hydrogen-bond acceptors (Lipinski definition) is 2. The molecule has 38 heavy (non-hydrogen) atoms. The molecule has 0 aliphatic rings. The maximum Gasteiger partial charge on any atom is 3.00 e. The van der Waals surface area contributed by atoms with Crippen LogP contribution < -0.4 is 0 Å². The fourth-order valence-electron chi connectivity index (χ4n) is 3.50. The Balaban J connectivity index is 0.000000283. The summed E-state index contributed by atoms with van der Waals surface area (Å²) >= 11 is 0. The van der Waals surface area contributed by atoms with E-state index < -0.39 is 0 Å². The molecule has 4 aromatic rings. The Morgan fingerprint density at radius 1 is 1.13 bits per heavy atom. The standard InChI is InChI=1S/C18H13NO.C16H20N.Ir/c1-3-4-8-15(19)13-10-12(2)18-14-7-5-6-9-16(14)20-17(18)11-13;1-11(2)12(3)7-8-13(4)16-9-14(5)15(6)10-17-16;/h3-10H,1H2,2H3;7,9-11H,3-4H2,1-2,5-6H3;/q-2;-1;+3/b8-4-;;/i4D,8D;;. The minimum Gasteiger partial charge on any atom is -0.855 e. The number of benzene rings is 2. The molecule has 0 amide bonds. The molecule has 0 bridgehead atoms. The van der Waals surface area contributed by atoms with Gasteiger partial charge in [-0.3, -0.25) is 0 Å². The molecule has 2 aromatic heterocycles. The second-order valence-electron chi connectivity index (χ2n) is 9.14. The molecule has 2 heterocycles. The van der Waals surface area contributed by atoms with E-state index in [-0.39, 0.29) is 37.9 Å². The molecule has 0 aliphatic carbocycles. The van der Waals surface area contributed by atoms with Gasteiger partial charge in [0.25, 0.3) is 0 Å². The molecule has 0 aliphatic heterocycles. The molecule has 0 atom stereocenters. The fraction of sp³-hybridized carbons (Fsp3) is 0.176. The first-order chi connectivity index (χ1) is 18.4. The van der Waals surface area contributed by atoms with E-state index in [9.17, 15) is 5.41 Å². The maximum absolute atomic E-state index is 10.2. The van der Waals surface area contributed by atoms with Gasteiger partial charge in [0.1, 0.15) is 5.58 Å². The number of aryl methyl sites for hydroxylation is 3. The SMILES string of the molecule is C=C([C-]=CC(=C)C(C)C)c1cc(C)c(C)cn1.[2H]/C(C=C)=C(\[2H])C(=[N-])c1[c-]c2oc3ccccc3c2c(C)c1.[Ir+3]. The molecule has 4 heteroatoms. The predicted molar refractivity (Wildman–Crippen MR) is 159 cm³/mol. The average molecular weight is 680 g/mol. The monoisotopic (exact) mass is 680 g/mol. The number of rotatable bonds is 7. The molecule has 0 saturated carbocycles. The van der Waals surface area contributed by atoms with E-state index in [1.54, 1.807) is 6.07 Å². The van der Waals surface area contributed by atoms with Crippen LogP contribution in [0.2, 0.25) is 0 Å². The van der Waals surface area contributed by atoms with Crippen LogP contribution in [0.4, 0.5) is 0 Å². The van der Waals surface area contributed by atoms with Crippen LogP contribution in [0.1, 0.15) is 44.5 Å². The van der Waals surface area contributed by atoms with Gasteiger partial charge in [0.2, 0.25) is 0 Å². The first-order valence-corrected chi connectivity index (χ1v) is 12.1. The van der Waals surface area contributed by atoms with Gasteiger partial charge in [0, 0.05) is 7.57 Å². The molecule has 0 fully saturated rings. The van der Waals surface area contributed by atoms with Crippen molar-refractivity contribution in [1.82, 2.24) is 4.98 Å². The largest absolute Gasteiger partial charge is 3.00 e. The Morgan fingerprint density at radius 2 is 1.84 bits per heavy atom. The van der Waals surface area contributed by atoms with Crippen LogP contribution in [0, 0.1) is 38.8 Å². The van der Waals surface area contributed by atoms with Gasteiger partial charge in [-0.05, 0) is 36.6 Å². The van der Waals surface area contributed by atoms with Gasteiger partial charge in [-0.2, -0.15) is 12.1 Å². The zero-order valence-electron chi connectivity index (χ0n) is 24.5. The third-order valence-electron chi connectivity index (χ3n) is 6.00. The summed E-state index contributed by atoms with van der Waals surface area (Å²) in [5.74, 6) is 0.433. The topological polar surface area (TPSA) is 48.3 Å². The average Bonchev–Trinajstić information content (AvgIpc) is 3.31. The van der Waals surface area contributed by atoms with E-state index in [0.717, 1.165) is 38.8 Å². The summed E-state index contributed by atoms with van der Waals surface area (Å²) in [7, 11) is 0. The van der Waals surface area contributed by atoms with Crippen LogP contribution in [-0.4, -0.2) is 10.7 Å². The van der Waals surface area contributed by atoms with Crippen molar-refractivity contribution in [3.05, 3.63) is 138 Å². The van der Waals surface area contributed by atoms with Crippen LogP contribution in [0.15, 0.2) is 96.6 Å². The van der Waals surface area contributed by atoms with Crippen molar-refractivity contribution in [3.63, 3.8) is 0 Å². The van der Waals surface area contributed by atoms with Crippen LogP contribution in [0.5, 0.6) is 0 Å². The number of aromatic nitrogens is 1. The number of pyridine rings is 1. The zero-order valence-corrected chi connectivity index (χ0v) is 24.9. The van der Waals surface area contributed by atoms with Crippen LogP contribution in [0.3, 0.4) is 0 Å². The molecule has 0 radical (unpaired) electrons. The van der Waals surface area contributed by atoms with Gasteiger partial charge >= 0.3 is 20.1 Å². The summed E-state index contributed by atoms with van der Waals surface area (Å²) in [6, 6.07) is 14.0. The molecule has 194 valence electrons. The van der Waals surface area contributed by atoms with Gasteiger partial charge in [-0.15, -0.1) is 47.6 Å². The van der Waals surface area contributed by atoms with Crippen molar-refractivity contribution in [1.29, 1.82) is 0 Å². The Hall–Kier alpha value is -3.59. The van der Waals surface area contributed by atoms with Crippen molar-refractivity contribution < 1.29 is 27.3 Å². The van der Waals surface area contributed by atoms with Crippen molar-refractivity contribution >= 4 is 33.2 Å². The Kier molecular flexibility index (Phi) is 9.97. The molecule has 4 rings (SSSR count). The minimum absolute atomic E-state index is 0. The first-order valence-electron chi connectivity index (χ1n) is 13.1. The minimum atomic E-state index is -0.310. The van der Waals surface area contributed by atoms with Crippen LogP contribution >= 0.6 is 0 Å². The van der Waals surface area contributed by atoms with Crippen molar-refractivity contribution in [2.75, 3.05) is 0 Å². The predicted octanol–water partition coefficient (Wildman–Crippen LogP) is 9.08. The van der Waals surface area contributed by atoms with Crippen LogP contribution in [0.25, 0.3) is 32.9 Å². The molecule has 3 nitrogen and oxygen atoms in total. The van der Waals surface area contributed by atoms with E-state index >= 15 is 0 Å². The second-order valence-corrected chi connectivity index (χ2v) is 9.14. The number of hydrogen-bond donors (Lipinski definition) is 0. The summed E-state index contributed by atoms with van der Waals surface area (Å²) in [6.45, 7) is 21.6. The normalized spacial score (nSPS) is 12.3. The molecule has 2 aromatic carbocycles. The summed E-state index contributed by atoms with van der Waals surface area (Å²) in [5.41, 5.74) is 7.36. The van der Waals surface area contributed by atoms with E-state index in [1.165, 1.54) is 17.2 Å². The molecule has 0 N–H and O–H groups in total. The van der Waals surface area contributed by atoms with Crippen molar-refractivity contribution in [2.24, 2.45) is 5.92 Å². The Morgan fingerprint density at radius 3 is 2.50 bits per heavy atom. The van der Waals surface area contributed by atoms with Gasteiger partial charge in [0.15, 0.2) is 0 Å². The quantitative estimate of drug-likeness (QED) is 0.111. The fourth-order valence-corrected chi connectivity index (χ4v) is 3.50. The number of para-hydroxylation sites is 1. The number of furan rings is 1. The molecule has 0 unspecified atom stereocenters. The van der Waals surface area contributed by atoms with Crippen molar-refractivity contribution in [3.8, 4) is 0 Å². The number of fused-ring (bicyclic) bond motifs is 3.